The summed E-state index contributed by atoms with van der Waals surface area (Å²) >= 11 is 0. The van der Waals surface area contributed by atoms with Gasteiger partial charge in [-0.05, 0) is 36.8 Å². The molecule has 0 atom stereocenters. The highest BCUT2D eigenvalue weighted by Crippen LogP contribution is 2.27. The van der Waals surface area contributed by atoms with Crippen LogP contribution in [0.15, 0.2) is 12.1 Å². The topological polar surface area (TPSA) is 60.2 Å². The monoisotopic (exact) mass is 249 g/mol. The molecule has 0 bridgehead atoms. The zero-order valence-corrected chi connectivity index (χ0v) is 11.3. The number of hydrogen-bond acceptors (Lipinski definition) is 4. The number of pyridine rings is 1. The van der Waals surface area contributed by atoms with E-state index < -0.39 is 0 Å². The molecule has 1 aliphatic rings. The van der Waals surface area contributed by atoms with Gasteiger partial charge in [0, 0.05) is 6.54 Å². The summed E-state index contributed by atoms with van der Waals surface area (Å²) < 4.78 is 5.61. The second-order valence-corrected chi connectivity index (χ2v) is 5.47. The number of rotatable bonds is 6. The van der Waals surface area contributed by atoms with E-state index in [1.807, 2.05) is 12.1 Å². The average Bonchev–Trinajstić information content (AvgIpc) is 2.27. The smallest absolute Gasteiger partial charge is 0.239 e. The molecule has 0 aliphatic heterocycles. The predicted molar refractivity (Wildman–Crippen MR) is 74.8 cm³/mol. The summed E-state index contributed by atoms with van der Waals surface area (Å²) in [5.41, 5.74) is 6.46. The minimum atomic E-state index is 0.470. The average molecular weight is 249 g/mol. The molecule has 100 valence electrons. The van der Waals surface area contributed by atoms with Crippen molar-refractivity contribution in [2.24, 2.45) is 11.8 Å². The number of nitrogens with one attached hydrogen (secondary N) is 1. The van der Waals surface area contributed by atoms with Crippen LogP contribution in [0, 0.1) is 11.8 Å². The minimum absolute atomic E-state index is 0.470. The molecule has 0 spiro atoms. The Balaban J connectivity index is 1.91. The molecule has 0 unspecified atom stereocenters. The standard InChI is InChI=1S/C14H23N3O/c1-10(2)9-18-14-12(15)6-7-13(17-14)16-8-11-4-3-5-11/h6-7,10-11H,3-5,8-9,15H2,1-2H3,(H,16,17). The Kier molecular flexibility index (Phi) is 4.28. The van der Waals surface area contributed by atoms with E-state index in [-0.39, 0.29) is 0 Å². The first-order chi connectivity index (χ1) is 8.65. The fourth-order valence-corrected chi connectivity index (χ4v) is 1.86. The number of hydrogen-bond donors (Lipinski definition) is 2. The normalized spacial score (nSPS) is 15.5. The van der Waals surface area contributed by atoms with Crippen molar-refractivity contribution in [2.75, 3.05) is 24.2 Å². The number of nitrogens with zero attached hydrogens (tertiary/aromatic N) is 1. The van der Waals surface area contributed by atoms with Crippen molar-refractivity contribution >= 4 is 11.5 Å². The molecule has 1 aromatic rings. The van der Waals surface area contributed by atoms with E-state index in [4.69, 9.17) is 10.5 Å². The lowest BCUT2D eigenvalue weighted by Gasteiger charge is -2.25. The second kappa shape index (κ2) is 5.94. The molecule has 4 heteroatoms. The SMILES string of the molecule is CC(C)COc1nc(NCC2CCC2)ccc1N. The summed E-state index contributed by atoms with van der Waals surface area (Å²) in [6.07, 6.45) is 4.03. The molecule has 3 N–H and O–H groups in total. The molecule has 1 fully saturated rings. The van der Waals surface area contributed by atoms with Crippen molar-refractivity contribution in [3.05, 3.63) is 12.1 Å². The van der Waals surface area contributed by atoms with Crippen LogP contribution in [0.5, 0.6) is 5.88 Å². The third-order valence-electron chi connectivity index (χ3n) is 3.24. The van der Waals surface area contributed by atoms with E-state index in [2.05, 4.69) is 24.1 Å². The second-order valence-electron chi connectivity index (χ2n) is 5.47. The van der Waals surface area contributed by atoms with Gasteiger partial charge >= 0.3 is 0 Å². The first kappa shape index (κ1) is 13.0. The predicted octanol–water partition coefficient (Wildman–Crippen LogP) is 2.91. The highest BCUT2D eigenvalue weighted by molar-refractivity contribution is 5.53. The molecule has 1 saturated carbocycles. The molecule has 1 aromatic heterocycles. The number of ether oxygens (including phenoxy) is 1. The van der Waals surface area contributed by atoms with E-state index in [0.29, 0.717) is 24.1 Å². The molecule has 1 aliphatic carbocycles. The summed E-state index contributed by atoms with van der Waals surface area (Å²) in [7, 11) is 0. The maximum absolute atomic E-state index is 5.85. The van der Waals surface area contributed by atoms with Crippen molar-refractivity contribution in [1.82, 2.24) is 4.98 Å². The van der Waals surface area contributed by atoms with Crippen molar-refractivity contribution in [3.63, 3.8) is 0 Å². The Morgan fingerprint density at radius 2 is 2.22 bits per heavy atom. The van der Waals surface area contributed by atoms with Crippen LogP contribution in [0.4, 0.5) is 11.5 Å². The van der Waals surface area contributed by atoms with E-state index in [9.17, 15) is 0 Å². The molecule has 0 aromatic carbocycles. The van der Waals surface area contributed by atoms with Crippen LogP contribution < -0.4 is 15.8 Å². The quantitative estimate of drug-likeness (QED) is 0.813. The van der Waals surface area contributed by atoms with Crippen LogP contribution in [0.3, 0.4) is 0 Å². The molecule has 0 saturated heterocycles. The van der Waals surface area contributed by atoms with Gasteiger partial charge in [0.05, 0.1) is 12.3 Å². The Labute approximate surface area is 109 Å². The van der Waals surface area contributed by atoms with Gasteiger partial charge in [0.15, 0.2) is 0 Å². The van der Waals surface area contributed by atoms with Crippen molar-refractivity contribution < 1.29 is 4.74 Å². The van der Waals surface area contributed by atoms with Crippen LogP contribution in [0.25, 0.3) is 0 Å². The molecule has 0 radical (unpaired) electrons. The van der Waals surface area contributed by atoms with Gasteiger partial charge in [-0.1, -0.05) is 20.3 Å². The minimum Gasteiger partial charge on any atom is -0.476 e. The molecule has 18 heavy (non-hydrogen) atoms. The largest absolute Gasteiger partial charge is 0.476 e. The van der Waals surface area contributed by atoms with Gasteiger partial charge in [-0.15, -0.1) is 0 Å². The van der Waals surface area contributed by atoms with Crippen LogP contribution in [0.1, 0.15) is 33.1 Å². The van der Waals surface area contributed by atoms with Crippen molar-refractivity contribution in [3.8, 4) is 5.88 Å². The van der Waals surface area contributed by atoms with Gasteiger partial charge in [0.25, 0.3) is 0 Å². The Hall–Kier alpha value is -1.45. The number of aromatic nitrogens is 1. The van der Waals surface area contributed by atoms with E-state index in [0.717, 1.165) is 18.3 Å². The molecule has 0 amide bonds. The van der Waals surface area contributed by atoms with Gasteiger partial charge in [0.2, 0.25) is 5.88 Å². The number of nitrogen functional groups attached to an aromatic ring is 1. The van der Waals surface area contributed by atoms with Gasteiger partial charge in [-0.25, -0.2) is 0 Å². The molecule has 4 nitrogen and oxygen atoms in total. The highest BCUT2D eigenvalue weighted by Gasteiger charge is 2.17. The Bertz CT molecular complexity index is 389. The van der Waals surface area contributed by atoms with Crippen LogP contribution >= 0.6 is 0 Å². The summed E-state index contributed by atoms with van der Waals surface area (Å²) in [4.78, 5) is 4.42. The third-order valence-corrected chi connectivity index (χ3v) is 3.24. The molecular formula is C14H23N3O. The summed E-state index contributed by atoms with van der Waals surface area (Å²) in [6, 6.07) is 3.77. The summed E-state index contributed by atoms with van der Waals surface area (Å²) in [6.45, 7) is 5.85. The van der Waals surface area contributed by atoms with Crippen molar-refractivity contribution in [1.29, 1.82) is 0 Å². The maximum Gasteiger partial charge on any atom is 0.239 e. The first-order valence-corrected chi connectivity index (χ1v) is 6.78. The Morgan fingerprint density at radius 3 is 2.83 bits per heavy atom. The van der Waals surface area contributed by atoms with Crippen LogP contribution in [-0.4, -0.2) is 18.1 Å². The highest BCUT2D eigenvalue weighted by atomic mass is 16.5. The van der Waals surface area contributed by atoms with Crippen LogP contribution in [0.2, 0.25) is 0 Å². The van der Waals surface area contributed by atoms with E-state index in [1.54, 1.807) is 0 Å². The fraction of sp³-hybridized carbons (Fsp3) is 0.643. The Morgan fingerprint density at radius 1 is 1.44 bits per heavy atom. The summed E-state index contributed by atoms with van der Waals surface area (Å²) in [5, 5.41) is 3.36. The van der Waals surface area contributed by atoms with Crippen LogP contribution in [-0.2, 0) is 0 Å². The maximum atomic E-state index is 5.85. The molecule has 1 heterocycles. The van der Waals surface area contributed by atoms with Gasteiger partial charge in [-0.2, -0.15) is 4.98 Å². The van der Waals surface area contributed by atoms with Gasteiger partial charge < -0.3 is 15.8 Å². The van der Waals surface area contributed by atoms with E-state index in [1.165, 1.54) is 19.3 Å². The third kappa shape index (κ3) is 3.52. The molecular weight excluding hydrogens is 226 g/mol. The first-order valence-electron chi connectivity index (χ1n) is 6.78. The number of anilines is 2. The lowest BCUT2D eigenvalue weighted by atomic mass is 9.85. The van der Waals surface area contributed by atoms with Gasteiger partial charge in [-0.3, -0.25) is 0 Å². The summed E-state index contributed by atoms with van der Waals surface area (Å²) in [5.74, 6) is 2.68. The molecule has 2 rings (SSSR count). The number of nitrogens with two attached hydrogens (primary N) is 1. The lowest BCUT2D eigenvalue weighted by Crippen LogP contribution is -2.21. The fourth-order valence-electron chi connectivity index (χ4n) is 1.86. The zero-order chi connectivity index (χ0) is 13.0. The lowest BCUT2D eigenvalue weighted by molar-refractivity contribution is 0.263. The van der Waals surface area contributed by atoms with Crippen molar-refractivity contribution in [2.45, 2.75) is 33.1 Å². The van der Waals surface area contributed by atoms with Gasteiger partial charge in [0.1, 0.15) is 5.82 Å². The van der Waals surface area contributed by atoms with E-state index >= 15 is 0 Å². The zero-order valence-electron chi connectivity index (χ0n) is 11.3.